The van der Waals surface area contributed by atoms with Crippen molar-refractivity contribution < 1.29 is 33.3 Å². The average Bonchev–Trinajstić information content (AvgIpc) is 2.89. The lowest BCUT2D eigenvalue weighted by Gasteiger charge is -2.36. The molecule has 36 heavy (non-hydrogen) atoms. The lowest BCUT2D eigenvalue weighted by molar-refractivity contribution is -0.174. The molecule has 0 unspecified atom stereocenters. The summed E-state index contributed by atoms with van der Waals surface area (Å²) in [6.45, 7) is 1.50. The lowest BCUT2D eigenvalue weighted by Crippen LogP contribution is -2.51. The Morgan fingerprint density at radius 3 is 2.03 bits per heavy atom. The minimum absolute atomic E-state index is 0.0656. The Labute approximate surface area is 208 Å². The first-order chi connectivity index (χ1) is 17.4. The molecule has 7 heteroatoms. The molecule has 0 fully saturated rings. The van der Waals surface area contributed by atoms with Crippen molar-refractivity contribution in [2.45, 2.75) is 44.6 Å². The maximum absolute atomic E-state index is 14.4. The summed E-state index contributed by atoms with van der Waals surface area (Å²) in [7, 11) is 0. The number of carbonyl (C=O) groups excluding carboxylic acids is 2. The van der Waals surface area contributed by atoms with Gasteiger partial charge in [-0.2, -0.15) is 0 Å². The number of esters is 1. The first kappa shape index (κ1) is 25.4. The Balaban J connectivity index is 1.69. The lowest BCUT2D eigenvalue weighted by atomic mass is 9.85. The largest absolute Gasteiger partial charge is 0.451 e. The SMILES string of the molecule is CC(=O)O[C@@H]1C(=O)C([C@H](O)c2ccccc2F)=C[C@H](OCc2ccccc2)[C@H]1OCc1ccccc1. The van der Waals surface area contributed by atoms with Crippen LogP contribution < -0.4 is 0 Å². The molecule has 3 aromatic carbocycles. The first-order valence-electron chi connectivity index (χ1n) is 11.6. The molecule has 0 bridgehead atoms. The highest BCUT2D eigenvalue weighted by Gasteiger charge is 2.45. The Hall–Kier alpha value is -3.65. The van der Waals surface area contributed by atoms with E-state index in [1.807, 2.05) is 60.7 Å². The summed E-state index contributed by atoms with van der Waals surface area (Å²) in [5.41, 5.74) is 1.55. The van der Waals surface area contributed by atoms with E-state index in [4.69, 9.17) is 14.2 Å². The van der Waals surface area contributed by atoms with Gasteiger partial charge in [-0.15, -0.1) is 0 Å². The number of rotatable bonds is 9. The van der Waals surface area contributed by atoms with E-state index < -0.39 is 42.0 Å². The van der Waals surface area contributed by atoms with Crippen LogP contribution in [0, 0.1) is 5.82 Å². The van der Waals surface area contributed by atoms with Crippen molar-refractivity contribution in [1.29, 1.82) is 0 Å². The van der Waals surface area contributed by atoms with Crippen LogP contribution in [0.3, 0.4) is 0 Å². The summed E-state index contributed by atoms with van der Waals surface area (Å²) in [6, 6.07) is 24.4. The fraction of sp³-hybridized carbons (Fsp3) is 0.241. The number of ether oxygens (including phenoxy) is 3. The summed E-state index contributed by atoms with van der Waals surface area (Å²) in [5, 5.41) is 11.0. The van der Waals surface area contributed by atoms with Gasteiger partial charge in [-0.1, -0.05) is 78.9 Å². The van der Waals surface area contributed by atoms with Gasteiger partial charge in [0, 0.05) is 18.1 Å². The predicted molar refractivity (Wildman–Crippen MR) is 130 cm³/mol. The van der Waals surface area contributed by atoms with Gasteiger partial charge in [0.05, 0.1) is 13.2 Å². The van der Waals surface area contributed by atoms with Gasteiger partial charge in [0.2, 0.25) is 5.78 Å². The van der Waals surface area contributed by atoms with Crippen molar-refractivity contribution >= 4 is 11.8 Å². The van der Waals surface area contributed by atoms with Crippen molar-refractivity contribution in [2.24, 2.45) is 0 Å². The third-order valence-corrected chi connectivity index (χ3v) is 5.87. The number of Topliss-reactive ketones (excluding diaryl/α,β-unsaturated/α-hetero) is 1. The zero-order valence-corrected chi connectivity index (χ0v) is 19.8. The molecule has 1 N–H and O–H groups in total. The molecule has 3 aromatic rings. The van der Waals surface area contributed by atoms with E-state index in [-0.39, 0.29) is 24.4 Å². The van der Waals surface area contributed by atoms with E-state index in [0.29, 0.717) is 0 Å². The predicted octanol–water partition coefficient (Wildman–Crippen LogP) is 4.47. The monoisotopic (exact) mass is 490 g/mol. The van der Waals surface area contributed by atoms with Gasteiger partial charge in [-0.25, -0.2) is 4.39 Å². The summed E-state index contributed by atoms with van der Waals surface area (Å²) in [5.74, 6) is -2.02. The number of ketones is 1. The number of hydrogen-bond donors (Lipinski definition) is 1. The zero-order valence-electron chi connectivity index (χ0n) is 19.8. The van der Waals surface area contributed by atoms with Gasteiger partial charge in [0.25, 0.3) is 0 Å². The third kappa shape index (κ3) is 6.12. The number of halogens is 1. The van der Waals surface area contributed by atoms with Crippen LogP contribution in [0.2, 0.25) is 0 Å². The van der Waals surface area contributed by atoms with Crippen LogP contribution in [0.15, 0.2) is 96.6 Å². The number of hydrogen-bond acceptors (Lipinski definition) is 6. The molecular weight excluding hydrogens is 463 g/mol. The summed E-state index contributed by atoms with van der Waals surface area (Å²) < 4.78 is 32.1. The molecule has 0 amide bonds. The molecule has 0 aliphatic heterocycles. The van der Waals surface area contributed by atoms with E-state index in [1.165, 1.54) is 31.2 Å². The molecule has 1 aliphatic rings. The molecule has 4 rings (SSSR count). The Morgan fingerprint density at radius 1 is 0.889 bits per heavy atom. The average molecular weight is 491 g/mol. The van der Waals surface area contributed by atoms with Gasteiger partial charge in [0.1, 0.15) is 24.1 Å². The van der Waals surface area contributed by atoms with Crippen LogP contribution in [-0.2, 0) is 37.0 Å². The van der Waals surface area contributed by atoms with Crippen LogP contribution in [0.1, 0.15) is 29.7 Å². The Morgan fingerprint density at radius 2 is 1.44 bits per heavy atom. The van der Waals surface area contributed by atoms with E-state index in [9.17, 15) is 19.1 Å². The van der Waals surface area contributed by atoms with Crippen LogP contribution >= 0.6 is 0 Å². The van der Waals surface area contributed by atoms with Crippen molar-refractivity contribution in [3.63, 3.8) is 0 Å². The highest BCUT2D eigenvalue weighted by Crippen LogP contribution is 2.33. The molecule has 0 radical (unpaired) electrons. The number of aliphatic hydroxyl groups excluding tert-OH is 1. The van der Waals surface area contributed by atoms with E-state index >= 15 is 0 Å². The zero-order chi connectivity index (χ0) is 25.5. The standard InChI is InChI=1S/C29H27FO6/c1-19(31)36-29-27(33)23(26(32)22-14-8-9-15-24(22)30)16-25(34-17-20-10-4-2-5-11-20)28(29)35-18-21-12-6-3-7-13-21/h2-16,25-26,28-29,32H,17-18H2,1H3/t25-,26+,28+,29+/m0/s1. The number of carbonyl (C=O) groups is 2. The molecular formula is C29H27FO6. The second-order valence-electron chi connectivity index (χ2n) is 8.46. The van der Waals surface area contributed by atoms with Gasteiger partial charge in [-0.3, -0.25) is 9.59 Å². The van der Waals surface area contributed by atoms with Crippen molar-refractivity contribution in [1.82, 2.24) is 0 Å². The van der Waals surface area contributed by atoms with Gasteiger partial charge in [0.15, 0.2) is 6.10 Å². The second-order valence-corrected chi connectivity index (χ2v) is 8.46. The van der Waals surface area contributed by atoms with Crippen LogP contribution in [-0.4, -0.2) is 35.2 Å². The van der Waals surface area contributed by atoms with Crippen LogP contribution in [0.25, 0.3) is 0 Å². The number of aliphatic hydroxyl groups is 1. The van der Waals surface area contributed by atoms with E-state index in [1.54, 1.807) is 6.07 Å². The topological polar surface area (TPSA) is 82.1 Å². The molecule has 186 valence electrons. The minimum atomic E-state index is -1.57. The number of benzene rings is 3. The smallest absolute Gasteiger partial charge is 0.303 e. The summed E-state index contributed by atoms with van der Waals surface area (Å²) >= 11 is 0. The Bertz CT molecular complexity index is 1210. The molecule has 0 spiro atoms. The molecule has 4 atom stereocenters. The molecule has 6 nitrogen and oxygen atoms in total. The van der Waals surface area contributed by atoms with Crippen molar-refractivity contribution in [3.05, 3.63) is 119 Å². The maximum atomic E-state index is 14.4. The quantitative estimate of drug-likeness (QED) is 0.446. The summed E-state index contributed by atoms with van der Waals surface area (Å²) in [4.78, 5) is 25.4. The van der Waals surface area contributed by atoms with Gasteiger partial charge < -0.3 is 19.3 Å². The van der Waals surface area contributed by atoms with Crippen LogP contribution in [0.4, 0.5) is 4.39 Å². The fourth-order valence-corrected chi connectivity index (χ4v) is 4.09. The third-order valence-electron chi connectivity index (χ3n) is 5.87. The molecule has 0 aromatic heterocycles. The van der Waals surface area contributed by atoms with Crippen LogP contribution in [0.5, 0.6) is 0 Å². The van der Waals surface area contributed by atoms with Crippen molar-refractivity contribution in [2.75, 3.05) is 0 Å². The fourth-order valence-electron chi connectivity index (χ4n) is 4.09. The molecule has 1 aliphatic carbocycles. The molecule has 0 saturated carbocycles. The molecule has 0 saturated heterocycles. The van der Waals surface area contributed by atoms with E-state index in [2.05, 4.69) is 0 Å². The van der Waals surface area contributed by atoms with Gasteiger partial charge in [-0.05, 0) is 23.3 Å². The first-order valence-corrected chi connectivity index (χ1v) is 11.6. The maximum Gasteiger partial charge on any atom is 0.303 e. The minimum Gasteiger partial charge on any atom is -0.451 e. The van der Waals surface area contributed by atoms with E-state index in [0.717, 1.165) is 11.1 Å². The normalized spacial score (nSPS) is 20.5. The highest BCUT2D eigenvalue weighted by atomic mass is 19.1. The van der Waals surface area contributed by atoms with Gasteiger partial charge >= 0.3 is 5.97 Å². The Kier molecular flexibility index (Phi) is 8.38. The summed E-state index contributed by atoms with van der Waals surface area (Å²) in [6.07, 6.45) is -3.37. The second kappa shape index (κ2) is 11.9. The molecule has 0 heterocycles. The van der Waals surface area contributed by atoms with Crippen molar-refractivity contribution in [3.8, 4) is 0 Å². The highest BCUT2D eigenvalue weighted by molar-refractivity contribution is 6.02.